The van der Waals surface area contributed by atoms with Crippen LogP contribution in [0.4, 0.5) is 11.4 Å². The number of hydrogen-bond acceptors (Lipinski definition) is 3. The number of nitrogen functional groups attached to an aromatic ring is 1. The van der Waals surface area contributed by atoms with E-state index in [4.69, 9.17) is 5.73 Å². The number of rotatable bonds is 2. The average Bonchev–Trinajstić information content (AvgIpc) is 2.67. The smallest absolute Gasteiger partial charge is 0.259 e. The summed E-state index contributed by atoms with van der Waals surface area (Å²) in [5, 5.41) is 14.4. The number of carbonyl (C=O) groups is 1. The number of nitrogens with one attached hydrogen (secondary N) is 1. The van der Waals surface area contributed by atoms with Crippen LogP contribution in [0.15, 0.2) is 86.0 Å². The second-order valence-corrected chi connectivity index (χ2v) is 5.54. The molecule has 3 aromatic rings. The van der Waals surface area contributed by atoms with Gasteiger partial charge in [0.05, 0.1) is 11.3 Å². The quantitative estimate of drug-likeness (QED) is 0.308. The Hall–Kier alpha value is -3.53. The van der Waals surface area contributed by atoms with Gasteiger partial charge in [0.15, 0.2) is 5.75 Å². The lowest BCUT2D eigenvalue weighted by Gasteiger charge is -2.11. The van der Waals surface area contributed by atoms with Gasteiger partial charge in [-0.15, -0.1) is 13.2 Å². The van der Waals surface area contributed by atoms with Gasteiger partial charge in [-0.05, 0) is 37.4 Å². The first-order chi connectivity index (χ1) is 13.0. The summed E-state index contributed by atoms with van der Waals surface area (Å²) in [4.78, 5) is 12.3. The van der Waals surface area contributed by atoms with E-state index in [0.717, 1.165) is 10.8 Å². The average molecular weight is 362 g/mol. The fourth-order valence-electron chi connectivity index (χ4n) is 2.26. The molecule has 0 unspecified atom stereocenters. The van der Waals surface area contributed by atoms with E-state index in [-0.39, 0.29) is 17.0 Å². The van der Waals surface area contributed by atoms with Crippen LogP contribution in [0, 0.1) is 0 Å². The van der Waals surface area contributed by atoms with E-state index in [1.165, 1.54) is 0 Å². The van der Waals surface area contributed by atoms with Crippen molar-refractivity contribution in [1.82, 2.24) is 0 Å². The Labute approximate surface area is 160 Å². The number of anilines is 2. The van der Waals surface area contributed by atoms with Crippen LogP contribution in [0.25, 0.3) is 10.8 Å². The van der Waals surface area contributed by atoms with Crippen molar-refractivity contribution in [2.24, 2.45) is 0 Å². The zero-order chi connectivity index (χ0) is 20.2. The van der Waals surface area contributed by atoms with E-state index < -0.39 is 5.91 Å². The van der Waals surface area contributed by atoms with Crippen LogP contribution < -0.4 is 11.1 Å². The highest BCUT2D eigenvalue weighted by Gasteiger charge is 2.16. The highest BCUT2D eigenvalue weighted by Crippen LogP contribution is 2.33. The van der Waals surface area contributed by atoms with Gasteiger partial charge in [-0.25, -0.2) is 0 Å². The van der Waals surface area contributed by atoms with Gasteiger partial charge in [-0.1, -0.05) is 54.6 Å². The number of phenols is 1. The van der Waals surface area contributed by atoms with Gasteiger partial charge < -0.3 is 16.2 Å². The van der Waals surface area contributed by atoms with E-state index >= 15 is 0 Å². The first-order valence-corrected chi connectivity index (χ1v) is 8.50. The molecule has 0 saturated heterocycles. The van der Waals surface area contributed by atoms with Crippen LogP contribution in [0.3, 0.4) is 0 Å². The molecular weight excluding hydrogens is 336 g/mol. The highest BCUT2D eigenvalue weighted by molar-refractivity contribution is 6.11. The Morgan fingerprint density at radius 1 is 1.00 bits per heavy atom. The number of amides is 1. The van der Waals surface area contributed by atoms with Crippen LogP contribution in [0.5, 0.6) is 5.75 Å². The van der Waals surface area contributed by atoms with Crippen LogP contribution in [-0.4, -0.2) is 11.0 Å². The maximum absolute atomic E-state index is 12.3. The van der Waals surface area contributed by atoms with Gasteiger partial charge >= 0.3 is 0 Å². The zero-order valence-electron chi connectivity index (χ0n) is 15.8. The molecule has 0 fully saturated rings. The van der Waals surface area contributed by atoms with Gasteiger partial charge in [-0.3, -0.25) is 4.79 Å². The standard InChI is InChI=1S/C17H14N2O2.2C3H6/c18-15-13-9-5-4-6-11(13)10-14(16(15)20)17(21)19-12-7-2-1-3-8-12;2*1-3-2/h1-10,20H,18H2,(H,19,21);2*3H,1H2,2H3. The van der Waals surface area contributed by atoms with Crippen molar-refractivity contribution in [1.29, 1.82) is 0 Å². The molecule has 0 aliphatic rings. The third-order valence-electron chi connectivity index (χ3n) is 3.34. The molecule has 0 radical (unpaired) electrons. The summed E-state index contributed by atoms with van der Waals surface area (Å²) in [6.45, 7) is 10.5. The van der Waals surface area contributed by atoms with Crippen LogP contribution in [0.2, 0.25) is 0 Å². The Kier molecular flexibility index (Phi) is 8.89. The molecule has 0 atom stereocenters. The minimum Gasteiger partial charge on any atom is -0.505 e. The number of allylic oxidation sites excluding steroid dienone is 2. The molecule has 1 amide bonds. The molecular formula is C23H26N2O2. The lowest BCUT2D eigenvalue weighted by Crippen LogP contribution is -2.12. The maximum atomic E-state index is 12.3. The molecule has 27 heavy (non-hydrogen) atoms. The monoisotopic (exact) mass is 362 g/mol. The summed E-state index contributed by atoms with van der Waals surface area (Å²) in [7, 11) is 0. The van der Waals surface area contributed by atoms with Crippen LogP contribution in [-0.2, 0) is 0 Å². The molecule has 4 N–H and O–H groups in total. The van der Waals surface area contributed by atoms with Crippen molar-refractivity contribution in [3.05, 3.63) is 91.5 Å². The second-order valence-electron chi connectivity index (χ2n) is 5.54. The minimum absolute atomic E-state index is 0.162. The number of hydrogen-bond donors (Lipinski definition) is 3. The third-order valence-corrected chi connectivity index (χ3v) is 3.34. The summed E-state index contributed by atoms with van der Waals surface area (Å²) in [5.41, 5.74) is 6.96. The van der Waals surface area contributed by atoms with Gasteiger partial charge in [0.25, 0.3) is 5.91 Å². The second kappa shape index (κ2) is 11.2. The summed E-state index contributed by atoms with van der Waals surface area (Å²) >= 11 is 0. The molecule has 0 aliphatic heterocycles. The molecule has 3 aromatic carbocycles. The Morgan fingerprint density at radius 2 is 1.52 bits per heavy atom. The summed E-state index contributed by atoms with van der Waals surface area (Å²) in [6.07, 6.45) is 3.50. The molecule has 0 bridgehead atoms. The van der Waals surface area contributed by atoms with Gasteiger partial charge in [0.2, 0.25) is 0 Å². The van der Waals surface area contributed by atoms with Crippen LogP contribution >= 0.6 is 0 Å². The molecule has 0 aromatic heterocycles. The molecule has 140 valence electrons. The zero-order valence-corrected chi connectivity index (χ0v) is 15.8. The number of aromatic hydroxyl groups is 1. The number of nitrogens with two attached hydrogens (primary N) is 1. The largest absolute Gasteiger partial charge is 0.505 e. The van der Waals surface area contributed by atoms with Crippen molar-refractivity contribution in [2.75, 3.05) is 11.1 Å². The first-order valence-electron chi connectivity index (χ1n) is 8.50. The van der Waals surface area contributed by atoms with E-state index in [0.29, 0.717) is 5.69 Å². The maximum Gasteiger partial charge on any atom is 0.259 e. The van der Waals surface area contributed by atoms with Gasteiger partial charge in [0.1, 0.15) is 0 Å². The first kappa shape index (κ1) is 21.5. The lowest BCUT2D eigenvalue weighted by molar-refractivity contribution is 0.102. The number of benzene rings is 3. The normalized spacial score (nSPS) is 9.11. The SMILES string of the molecule is C=CC.C=CC.Nc1c(O)c(C(=O)Nc2ccccc2)cc2ccccc12. The van der Waals surface area contributed by atoms with Crippen molar-refractivity contribution in [3.8, 4) is 5.75 Å². The Bertz CT molecular complexity index is 897. The highest BCUT2D eigenvalue weighted by atomic mass is 16.3. The molecule has 0 heterocycles. The molecule has 0 spiro atoms. The van der Waals surface area contributed by atoms with Crippen molar-refractivity contribution >= 4 is 28.1 Å². The molecule has 0 saturated carbocycles. The molecule has 4 heteroatoms. The van der Waals surface area contributed by atoms with Crippen molar-refractivity contribution < 1.29 is 9.90 Å². The summed E-state index contributed by atoms with van der Waals surface area (Å²) in [6, 6.07) is 18.1. The summed E-state index contributed by atoms with van der Waals surface area (Å²) < 4.78 is 0. The van der Waals surface area contributed by atoms with E-state index in [1.54, 1.807) is 30.4 Å². The van der Waals surface area contributed by atoms with Crippen LogP contribution in [0.1, 0.15) is 24.2 Å². The molecule has 4 nitrogen and oxygen atoms in total. The number of phenolic OH excluding ortho intramolecular Hbond substituents is 1. The van der Waals surface area contributed by atoms with Gasteiger partial charge in [-0.2, -0.15) is 0 Å². The van der Waals surface area contributed by atoms with Crippen molar-refractivity contribution in [3.63, 3.8) is 0 Å². The minimum atomic E-state index is -0.392. The predicted molar refractivity (Wildman–Crippen MR) is 116 cm³/mol. The van der Waals surface area contributed by atoms with Gasteiger partial charge in [0, 0.05) is 11.1 Å². The van der Waals surface area contributed by atoms with E-state index in [2.05, 4.69) is 18.5 Å². The molecule has 0 aliphatic carbocycles. The molecule has 3 rings (SSSR count). The van der Waals surface area contributed by atoms with E-state index in [9.17, 15) is 9.90 Å². The topological polar surface area (TPSA) is 75.3 Å². The number of fused-ring (bicyclic) bond motifs is 1. The number of carbonyl (C=O) groups excluding carboxylic acids is 1. The fraction of sp³-hybridized carbons (Fsp3) is 0.0870. The number of para-hydroxylation sites is 1. The van der Waals surface area contributed by atoms with E-state index in [1.807, 2.05) is 56.3 Å². The fourth-order valence-corrected chi connectivity index (χ4v) is 2.26. The Morgan fingerprint density at radius 3 is 2.11 bits per heavy atom. The summed E-state index contributed by atoms with van der Waals surface area (Å²) in [5.74, 6) is -0.585. The lowest BCUT2D eigenvalue weighted by atomic mass is 10.0. The van der Waals surface area contributed by atoms with Crippen molar-refractivity contribution in [2.45, 2.75) is 13.8 Å². The predicted octanol–water partition coefficient (Wildman–Crippen LogP) is 5.76. The Balaban J connectivity index is 0.000000540. The third kappa shape index (κ3) is 6.04.